The van der Waals surface area contributed by atoms with E-state index < -0.39 is 57.1 Å². The highest BCUT2D eigenvalue weighted by molar-refractivity contribution is 7.45. The number of carbonyl (C=O) groups excluding carboxylic acids is 4. The maximum Gasteiger partial charge on any atom is 0.306 e. The summed E-state index contributed by atoms with van der Waals surface area (Å²) in [4.78, 5) is 65.5. The lowest BCUT2D eigenvalue weighted by Crippen LogP contribution is -2.32. The molecule has 3 atom stereocenters. The van der Waals surface area contributed by atoms with Crippen LogP contribution in [0.4, 0.5) is 0 Å². The third-order valence-electron chi connectivity index (χ3n) is 16.9. The molecule has 0 bridgehead atoms. The van der Waals surface area contributed by atoms with Gasteiger partial charge in [0.25, 0.3) is 7.82 Å². The first-order valence-electron chi connectivity index (χ1n) is 38.5. The van der Waals surface area contributed by atoms with E-state index in [1.54, 1.807) is 0 Å². The number of allylic oxidation sites excluding steroid dienone is 8. The van der Waals surface area contributed by atoms with Crippen molar-refractivity contribution in [1.29, 1.82) is 0 Å². The summed E-state index contributed by atoms with van der Waals surface area (Å²) in [6, 6.07) is 0. The molecule has 0 radical (unpaired) electrons. The number of hydrogen-bond acceptors (Lipinski definition) is 12. The number of phosphoric acid groups is 1. The van der Waals surface area contributed by atoms with Gasteiger partial charge in [-0.15, -0.1) is 0 Å². The normalized spacial score (nSPS) is 13.1. The van der Waals surface area contributed by atoms with E-state index in [-0.39, 0.29) is 45.0 Å². The molecule has 0 fully saturated rings. The average molecular weight is 1320 g/mol. The van der Waals surface area contributed by atoms with Gasteiger partial charge in [0.1, 0.15) is 13.2 Å². The Labute approximate surface area is 566 Å². The van der Waals surface area contributed by atoms with E-state index in [9.17, 15) is 28.6 Å². The van der Waals surface area contributed by atoms with Gasteiger partial charge in [0.15, 0.2) is 12.2 Å². The Balaban J connectivity index is 0. The zero-order chi connectivity index (χ0) is 66.3. The summed E-state index contributed by atoms with van der Waals surface area (Å²) in [7, 11) is -5.11. The first-order chi connectivity index (χ1) is 44.6. The molecule has 92 heavy (non-hydrogen) atoms. The highest BCUT2D eigenvalue weighted by atomic mass is 31.2. The van der Waals surface area contributed by atoms with E-state index in [1.807, 2.05) is 0 Å². The quantitative estimate of drug-likeness (QED) is 0.0199. The van der Waals surface area contributed by atoms with Crippen LogP contribution < -0.4 is 11.0 Å². The van der Waals surface area contributed by atoms with Gasteiger partial charge >= 0.3 is 23.9 Å². The summed E-state index contributed by atoms with van der Waals surface area (Å²) in [5.74, 6) is -2.00. The van der Waals surface area contributed by atoms with Crippen LogP contribution in [0.25, 0.3) is 0 Å². The Kier molecular flexibility index (Phi) is 72.9. The van der Waals surface area contributed by atoms with Gasteiger partial charge in [-0.2, -0.15) is 0 Å². The summed E-state index contributed by atoms with van der Waals surface area (Å²) in [6.07, 6.45) is 75.5. The van der Waals surface area contributed by atoms with Crippen LogP contribution in [0.3, 0.4) is 0 Å². The molecule has 0 saturated carbocycles. The third kappa shape index (κ3) is 71.2. The van der Waals surface area contributed by atoms with Crippen LogP contribution in [0.1, 0.15) is 387 Å². The summed E-state index contributed by atoms with van der Waals surface area (Å²) < 4.78 is 46.3. The SMILES string of the molecule is CCCCCCCC/C=C\CCCCCCCC(=O)OC[C@H](COP(=O)([O-])OC[C@H](COC(=O)CCCCCCC/C=C\CCCCCCCC)OC(=O)CCCCCCC/C=C\CCCCCCCC)OC(=O)CCCCCCC/C=C\CCCCCCCC.[NH4+]. The number of unbranched alkanes of at least 4 members (excludes halogenated alkanes) is 44. The van der Waals surface area contributed by atoms with Gasteiger partial charge in [-0.25, -0.2) is 0 Å². The van der Waals surface area contributed by atoms with Crippen LogP contribution in [0.5, 0.6) is 0 Å². The maximum atomic E-state index is 13.4. The molecule has 4 N–H and O–H groups in total. The van der Waals surface area contributed by atoms with Gasteiger partial charge in [0.05, 0.1) is 13.2 Å². The minimum atomic E-state index is -5.11. The maximum absolute atomic E-state index is 13.4. The lowest BCUT2D eigenvalue weighted by Gasteiger charge is -2.27. The van der Waals surface area contributed by atoms with Crippen LogP contribution in [0.15, 0.2) is 48.6 Å². The Morgan fingerprint density at radius 1 is 0.283 bits per heavy atom. The van der Waals surface area contributed by atoms with E-state index in [1.165, 1.54) is 154 Å². The van der Waals surface area contributed by atoms with Gasteiger partial charge in [0.2, 0.25) is 0 Å². The lowest BCUT2D eigenvalue weighted by atomic mass is 10.1. The van der Waals surface area contributed by atoms with E-state index >= 15 is 0 Å². The number of rotatable bonds is 72. The molecule has 0 spiro atoms. The van der Waals surface area contributed by atoms with Gasteiger partial charge in [0, 0.05) is 25.7 Å². The molecule has 0 saturated heterocycles. The van der Waals surface area contributed by atoms with E-state index in [2.05, 4.69) is 76.3 Å². The van der Waals surface area contributed by atoms with Crippen LogP contribution in [0, 0.1) is 0 Å². The second-order valence-electron chi connectivity index (χ2n) is 26.0. The minimum absolute atomic E-state index is 0. The highest BCUT2D eigenvalue weighted by Crippen LogP contribution is 2.39. The van der Waals surface area contributed by atoms with Crippen molar-refractivity contribution in [3.05, 3.63) is 48.6 Å². The fraction of sp³-hybridized carbons (Fsp3) is 0.846. The minimum Gasteiger partial charge on any atom is -0.756 e. The van der Waals surface area contributed by atoms with Gasteiger partial charge in [-0.3, -0.25) is 23.7 Å². The molecule has 0 aliphatic heterocycles. The van der Waals surface area contributed by atoms with E-state index in [0.29, 0.717) is 25.7 Å². The number of phosphoric ester groups is 1. The first-order valence-corrected chi connectivity index (χ1v) is 39.9. The molecule has 13 nitrogen and oxygen atoms in total. The van der Waals surface area contributed by atoms with Crippen molar-refractivity contribution < 1.29 is 56.6 Å². The number of carbonyl (C=O) groups is 4. The predicted octanol–water partition coefficient (Wildman–Crippen LogP) is 23.9. The van der Waals surface area contributed by atoms with E-state index in [0.717, 1.165) is 154 Å². The van der Waals surface area contributed by atoms with Crippen molar-refractivity contribution in [2.24, 2.45) is 0 Å². The molecular weight excluding hydrogens is 1170 g/mol. The molecule has 1 unspecified atom stereocenters. The first kappa shape index (κ1) is 91.0. The lowest BCUT2D eigenvalue weighted by molar-refractivity contribution is -0.231. The smallest absolute Gasteiger partial charge is 0.306 e. The number of esters is 4. The predicted molar refractivity (Wildman–Crippen MR) is 385 cm³/mol. The molecule has 0 aliphatic rings. The molecule has 0 aromatic carbocycles. The van der Waals surface area contributed by atoms with Crippen LogP contribution in [0.2, 0.25) is 0 Å². The monoisotopic (exact) mass is 1320 g/mol. The summed E-state index contributed by atoms with van der Waals surface area (Å²) >= 11 is 0. The van der Waals surface area contributed by atoms with E-state index in [4.69, 9.17) is 28.0 Å². The van der Waals surface area contributed by atoms with Crippen LogP contribution >= 0.6 is 7.82 Å². The van der Waals surface area contributed by atoms with Crippen molar-refractivity contribution in [2.75, 3.05) is 26.4 Å². The molecule has 0 amide bonds. The topological polar surface area (TPSA) is 200 Å². The zero-order valence-corrected chi connectivity index (χ0v) is 61.4. The molecule has 0 aromatic rings. The van der Waals surface area contributed by atoms with Crippen molar-refractivity contribution in [1.82, 2.24) is 6.15 Å². The molecular formula is C78H146NO12P. The Morgan fingerprint density at radius 3 is 0.685 bits per heavy atom. The molecule has 540 valence electrons. The van der Waals surface area contributed by atoms with Crippen molar-refractivity contribution in [3.63, 3.8) is 0 Å². The molecule has 0 heterocycles. The van der Waals surface area contributed by atoms with Crippen molar-refractivity contribution in [2.45, 2.75) is 399 Å². The Bertz CT molecular complexity index is 1670. The standard InChI is InChI=1S/C78H143O12P.H3N/c1-5-9-13-17-21-25-29-33-37-41-45-49-53-57-61-65-75(79)85-69-73(89-77(81)67-63-59-55-51-47-43-39-35-31-27-23-19-15-11-7-3)71-87-91(83,84)88-72-74(90-78(82)68-64-60-56-52-48-44-40-36-32-28-24-20-16-12-8-4)70-86-76(80)66-62-58-54-50-46-42-38-34-30-26-22-18-14-10-6-2;/h33-40,73-74H,5-32,41-72H2,1-4H3,(H,83,84);1H3/b37-33-,38-34-,39-35-,40-36-;/t73-,74+;. The number of quaternary nitrogens is 1. The second kappa shape index (κ2) is 73.7. The van der Waals surface area contributed by atoms with Crippen molar-refractivity contribution in [3.8, 4) is 0 Å². The molecule has 0 aliphatic carbocycles. The molecule has 0 aromatic heterocycles. The Hall–Kier alpha value is -3.09. The number of hydrogen-bond donors (Lipinski definition) is 1. The van der Waals surface area contributed by atoms with Gasteiger partial charge < -0.3 is 39.0 Å². The second-order valence-corrected chi connectivity index (χ2v) is 27.4. The summed E-state index contributed by atoms with van der Waals surface area (Å²) in [6.45, 7) is 6.92. The Morgan fingerprint density at radius 2 is 0.467 bits per heavy atom. The fourth-order valence-corrected chi connectivity index (χ4v) is 11.8. The molecule has 14 heteroatoms. The summed E-state index contributed by atoms with van der Waals surface area (Å²) in [5, 5.41) is 0. The van der Waals surface area contributed by atoms with Crippen molar-refractivity contribution >= 4 is 31.7 Å². The van der Waals surface area contributed by atoms with Gasteiger partial charge in [-0.05, 0) is 128 Å². The highest BCUT2D eigenvalue weighted by Gasteiger charge is 2.24. The number of ether oxygens (including phenoxy) is 4. The summed E-state index contributed by atoms with van der Waals surface area (Å²) in [5.41, 5.74) is 0. The third-order valence-corrected chi connectivity index (χ3v) is 17.8. The zero-order valence-electron chi connectivity index (χ0n) is 60.5. The van der Waals surface area contributed by atoms with Crippen LogP contribution in [-0.4, -0.2) is 62.5 Å². The molecule has 0 rings (SSSR count). The van der Waals surface area contributed by atoms with Gasteiger partial charge in [-0.1, -0.05) is 282 Å². The van der Waals surface area contributed by atoms with Crippen LogP contribution in [-0.2, 0) is 51.7 Å². The fourth-order valence-electron chi connectivity index (χ4n) is 11.0. The largest absolute Gasteiger partial charge is 0.756 e. The average Bonchev–Trinajstić information content (AvgIpc) is 1.58.